The molecule has 5 nitrogen and oxygen atoms in total. The number of thiocarbonyl (C=S) groups is 1. The van der Waals surface area contributed by atoms with Gasteiger partial charge in [0.1, 0.15) is 11.2 Å². The molecule has 1 aliphatic heterocycles. The number of carbonyl (C=O) groups excluding carboxylic acids is 3. The van der Waals surface area contributed by atoms with E-state index in [9.17, 15) is 14.4 Å². The number of hydrogen-bond donors (Lipinski definition) is 2. The lowest BCUT2D eigenvalue weighted by Gasteiger charge is -2.50. The van der Waals surface area contributed by atoms with Crippen molar-refractivity contribution in [2.24, 2.45) is 11.3 Å². The van der Waals surface area contributed by atoms with Gasteiger partial charge >= 0.3 is 0 Å². The van der Waals surface area contributed by atoms with Crippen LogP contribution >= 0.6 is 12.2 Å². The summed E-state index contributed by atoms with van der Waals surface area (Å²) in [7, 11) is 0. The molecule has 1 saturated carbocycles. The highest BCUT2D eigenvalue weighted by atomic mass is 32.1. The van der Waals surface area contributed by atoms with Gasteiger partial charge in [0.25, 0.3) is 0 Å². The van der Waals surface area contributed by atoms with Crippen LogP contribution in [0, 0.1) is 11.3 Å². The highest BCUT2D eigenvalue weighted by Crippen LogP contribution is 2.57. The van der Waals surface area contributed by atoms with Gasteiger partial charge in [0, 0.05) is 24.2 Å². The van der Waals surface area contributed by atoms with Crippen LogP contribution in [0.15, 0.2) is 60.7 Å². The zero-order chi connectivity index (χ0) is 19.9. The minimum absolute atomic E-state index is 0.00352. The van der Waals surface area contributed by atoms with Gasteiger partial charge in [-0.25, -0.2) is 0 Å². The third kappa shape index (κ3) is 2.67. The molecule has 0 unspecified atom stereocenters. The monoisotopic (exact) mass is 392 g/mol. The molecule has 2 aromatic carbocycles. The van der Waals surface area contributed by atoms with E-state index < -0.39 is 35.0 Å². The van der Waals surface area contributed by atoms with Crippen LogP contribution in [0.4, 0.5) is 0 Å². The average molecular weight is 392 g/mol. The molecule has 1 heterocycles. The zero-order valence-corrected chi connectivity index (χ0v) is 16.2. The van der Waals surface area contributed by atoms with Crippen molar-refractivity contribution in [2.75, 3.05) is 0 Å². The highest BCUT2D eigenvalue weighted by Gasteiger charge is 2.64. The van der Waals surface area contributed by atoms with Gasteiger partial charge in [0.2, 0.25) is 11.8 Å². The molecular formula is C22H20N2O3S. The van der Waals surface area contributed by atoms with E-state index in [1.807, 2.05) is 60.7 Å². The molecular weight excluding hydrogens is 372 g/mol. The predicted octanol–water partition coefficient (Wildman–Crippen LogP) is 2.68. The minimum atomic E-state index is -1.46. The molecule has 3 atom stereocenters. The van der Waals surface area contributed by atoms with Crippen LogP contribution in [0.2, 0.25) is 0 Å². The molecule has 142 valence electrons. The van der Waals surface area contributed by atoms with Crippen LogP contribution in [0.1, 0.15) is 36.3 Å². The van der Waals surface area contributed by atoms with Gasteiger partial charge < -0.3 is 10.6 Å². The third-order valence-electron chi connectivity index (χ3n) is 6.02. The molecule has 0 radical (unpaired) electrons. The number of Topliss-reactive ketones (excluding diaryl/α,β-unsaturated/α-hetero) is 1. The van der Waals surface area contributed by atoms with Crippen LogP contribution in [0.3, 0.4) is 0 Å². The quantitative estimate of drug-likeness (QED) is 0.609. The summed E-state index contributed by atoms with van der Waals surface area (Å²) in [6.07, 6.45) is 0.127. The second-order valence-electron chi connectivity index (χ2n) is 7.42. The Morgan fingerprint density at radius 3 is 1.89 bits per heavy atom. The SMILES string of the molecule is C[C@H]1C(=O)C[C@H](c2ccccc2)C2(C(=O)NC(=S)NC2=O)[C@@H]1c1ccccc1. The van der Waals surface area contributed by atoms with Gasteiger partial charge in [-0.1, -0.05) is 67.6 Å². The average Bonchev–Trinajstić information content (AvgIpc) is 2.69. The van der Waals surface area contributed by atoms with Crippen molar-refractivity contribution in [3.63, 3.8) is 0 Å². The van der Waals surface area contributed by atoms with E-state index in [2.05, 4.69) is 10.6 Å². The first-order valence-corrected chi connectivity index (χ1v) is 9.66. The van der Waals surface area contributed by atoms with E-state index in [0.717, 1.165) is 11.1 Å². The maximum Gasteiger partial charge on any atom is 0.243 e. The molecule has 28 heavy (non-hydrogen) atoms. The van der Waals surface area contributed by atoms with Crippen molar-refractivity contribution in [3.05, 3.63) is 71.8 Å². The van der Waals surface area contributed by atoms with Crippen molar-refractivity contribution in [1.29, 1.82) is 0 Å². The standard InChI is InChI=1S/C22H20N2O3S/c1-13-17(25)12-16(14-8-4-2-5-9-14)22(18(13)15-10-6-3-7-11-15)19(26)23-21(28)24-20(22)27/h2-11,13,16,18H,12H2,1H3,(H2,23,24,26,27,28)/t13-,16+,18-/m0/s1. The molecule has 1 saturated heterocycles. The van der Waals surface area contributed by atoms with Gasteiger partial charge in [0.15, 0.2) is 5.11 Å². The summed E-state index contributed by atoms with van der Waals surface area (Å²) in [6, 6.07) is 18.6. The normalized spacial score (nSPS) is 26.7. The van der Waals surface area contributed by atoms with Crippen LogP contribution in [0.5, 0.6) is 0 Å². The smallest absolute Gasteiger partial charge is 0.243 e. The molecule has 1 spiro atoms. The molecule has 2 amide bonds. The number of carbonyl (C=O) groups is 3. The second-order valence-corrected chi connectivity index (χ2v) is 7.83. The largest absolute Gasteiger partial charge is 0.302 e. The number of rotatable bonds is 2. The lowest BCUT2D eigenvalue weighted by atomic mass is 9.51. The van der Waals surface area contributed by atoms with E-state index in [0.29, 0.717) is 0 Å². The summed E-state index contributed by atoms with van der Waals surface area (Å²) in [5, 5.41) is 5.31. The van der Waals surface area contributed by atoms with Crippen molar-refractivity contribution in [2.45, 2.75) is 25.2 Å². The van der Waals surface area contributed by atoms with Gasteiger partial charge in [0.05, 0.1) is 0 Å². The van der Waals surface area contributed by atoms with Crippen molar-refractivity contribution < 1.29 is 14.4 Å². The summed E-state index contributed by atoms with van der Waals surface area (Å²) >= 11 is 5.04. The summed E-state index contributed by atoms with van der Waals surface area (Å²) in [6.45, 7) is 1.80. The van der Waals surface area contributed by atoms with Crippen LogP contribution in [-0.2, 0) is 14.4 Å². The minimum Gasteiger partial charge on any atom is -0.302 e. The fourth-order valence-corrected chi connectivity index (χ4v) is 4.95. The molecule has 2 N–H and O–H groups in total. The molecule has 0 bridgehead atoms. The first kappa shape index (κ1) is 18.5. The van der Waals surface area contributed by atoms with Crippen molar-refractivity contribution in [1.82, 2.24) is 10.6 Å². The fourth-order valence-electron chi connectivity index (χ4n) is 4.77. The molecule has 0 aromatic heterocycles. The number of nitrogens with one attached hydrogen (secondary N) is 2. The van der Waals surface area contributed by atoms with E-state index in [4.69, 9.17) is 12.2 Å². The first-order chi connectivity index (χ1) is 13.5. The first-order valence-electron chi connectivity index (χ1n) is 9.25. The van der Waals surface area contributed by atoms with Crippen LogP contribution in [0.25, 0.3) is 0 Å². The van der Waals surface area contributed by atoms with Gasteiger partial charge in [-0.05, 0) is 23.3 Å². The van der Waals surface area contributed by atoms with Gasteiger partial charge in [-0.3, -0.25) is 14.4 Å². The Labute approximate surface area is 168 Å². The zero-order valence-electron chi connectivity index (χ0n) is 15.3. The lowest BCUT2D eigenvalue weighted by Crippen LogP contribution is -2.68. The summed E-state index contributed by atoms with van der Waals surface area (Å²) in [5.41, 5.74) is 0.127. The topological polar surface area (TPSA) is 75.3 Å². The van der Waals surface area contributed by atoms with E-state index in [1.54, 1.807) is 6.92 Å². The number of amides is 2. The fraction of sp³-hybridized carbons (Fsp3) is 0.273. The molecule has 1 aliphatic carbocycles. The summed E-state index contributed by atoms with van der Waals surface area (Å²) in [4.78, 5) is 39.9. The lowest BCUT2D eigenvalue weighted by molar-refractivity contribution is -0.153. The Balaban J connectivity index is 1.99. The Hall–Kier alpha value is -2.86. The van der Waals surface area contributed by atoms with Crippen LogP contribution in [-0.4, -0.2) is 22.7 Å². The molecule has 2 aliphatic rings. The highest BCUT2D eigenvalue weighted by molar-refractivity contribution is 7.80. The molecule has 2 aromatic rings. The number of ketones is 1. The number of hydrogen-bond acceptors (Lipinski definition) is 4. The summed E-state index contributed by atoms with van der Waals surface area (Å²) in [5.74, 6) is -2.49. The van der Waals surface area contributed by atoms with E-state index in [1.165, 1.54) is 0 Å². The van der Waals surface area contributed by atoms with Crippen molar-refractivity contribution >= 4 is 34.9 Å². The van der Waals surface area contributed by atoms with Crippen molar-refractivity contribution in [3.8, 4) is 0 Å². The molecule has 2 fully saturated rings. The maximum atomic E-state index is 13.4. The second kappa shape index (κ2) is 6.95. The van der Waals surface area contributed by atoms with Crippen LogP contribution < -0.4 is 10.6 Å². The molecule has 6 heteroatoms. The van der Waals surface area contributed by atoms with E-state index >= 15 is 0 Å². The Bertz CT molecular complexity index is 938. The predicted molar refractivity (Wildman–Crippen MR) is 108 cm³/mol. The summed E-state index contributed by atoms with van der Waals surface area (Å²) < 4.78 is 0. The Morgan fingerprint density at radius 1 is 0.857 bits per heavy atom. The van der Waals surface area contributed by atoms with Gasteiger partial charge in [-0.2, -0.15) is 0 Å². The maximum absolute atomic E-state index is 13.4. The van der Waals surface area contributed by atoms with E-state index in [-0.39, 0.29) is 17.3 Å². The Morgan fingerprint density at radius 2 is 1.36 bits per heavy atom. The molecule has 4 rings (SSSR count). The Kier molecular flexibility index (Phi) is 4.59. The third-order valence-corrected chi connectivity index (χ3v) is 6.22. The number of benzene rings is 2. The van der Waals surface area contributed by atoms with Gasteiger partial charge in [-0.15, -0.1) is 0 Å².